The van der Waals surface area contributed by atoms with E-state index in [1.54, 1.807) is 7.11 Å². The van der Waals surface area contributed by atoms with Crippen molar-refractivity contribution in [3.63, 3.8) is 0 Å². The van der Waals surface area contributed by atoms with Crippen LogP contribution in [0.25, 0.3) is 10.2 Å². The second kappa shape index (κ2) is 9.64. The number of methoxy groups -OCH3 is 1. The number of halogens is 1. The zero-order valence-corrected chi connectivity index (χ0v) is 21.0. The second-order valence-electron chi connectivity index (χ2n) is 8.75. The number of rotatable bonds is 7. The molecule has 2 aromatic carbocycles. The Morgan fingerprint density at radius 3 is 2.83 bits per heavy atom. The summed E-state index contributed by atoms with van der Waals surface area (Å²) in [7, 11) is 1.62. The van der Waals surface area contributed by atoms with Gasteiger partial charge >= 0.3 is 0 Å². The zero-order chi connectivity index (χ0) is 23.8. The van der Waals surface area contributed by atoms with Crippen molar-refractivity contribution in [1.29, 1.82) is 0 Å². The number of aryl methyl sites for hydroxylation is 2. The Morgan fingerprint density at radius 1 is 1.06 bits per heavy atom. The van der Waals surface area contributed by atoms with Crippen molar-refractivity contribution < 1.29 is 14.2 Å². The predicted molar refractivity (Wildman–Crippen MR) is 138 cm³/mol. The van der Waals surface area contributed by atoms with Crippen LogP contribution in [0.4, 0.5) is 0 Å². The molecule has 35 heavy (non-hydrogen) atoms. The fraction of sp³-hybridized carbons (Fsp3) is 0.296. The molecule has 1 radical (unpaired) electrons. The van der Waals surface area contributed by atoms with E-state index in [0.29, 0.717) is 23.9 Å². The summed E-state index contributed by atoms with van der Waals surface area (Å²) in [5, 5.41) is 5.26. The molecule has 179 valence electrons. The summed E-state index contributed by atoms with van der Waals surface area (Å²) in [5.74, 6) is 3.03. The van der Waals surface area contributed by atoms with Crippen molar-refractivity contribution in [2.45, 2.75) is 38.8 Å². The molecule has 0 spiro atoms. The van der Waals surface area contributed by atoms with Crippen molar-refractivity contribution >= 4 is 33.2 Å². The SMILES string of the molecule is COc1ccc([CH]c2nc(CNCc3ccc4c(c3)OCO4)nc3sc4c(c23)CCCC4)cc1Cl. The van der Waals surface area contributed by atoms with Crippen LogP contribution in [-0.4, -0.2) is 23.9 Å². The minimum atomic E-state index is 0.281. The highest BCUT2D eigenvalue weighted by atomic mass is 35.5. The molecule has 2 aliphatic rings. The highest BCUT2D eigenvalue weighted by Gasteiger charge is 2.22. The second-order valence-corrected chi connectivity index (χ2v) is 10.2. The molecule has 0 bridgehead atoms. The minimum Gasteiger partial charge on any atom is -0.495 e. The van der Waals surface area contributed by atoms with E-state index in [-0.39, 0.29) is 6.79 Å². The van der Waals surface area contributed by atoms with Crippen molar-refractivity contribution in [3.05, 3.63) is 80.9 Å². The highest BCUT2D eigenvalue weighted by Crippen LogP contribution is 2.38. The average Bonchev–Trinajstić information content (AvgIpc) is 3.48. The highest BCUT2D eigenvalue weighted by molar-refractivity contribution is 7.18. The molecule has 0 amide bonds. The van der Waals surface area contributed by atoms with Gasteiger partial charge in [0, 0.05) is 23.2 Å². The minimum absolute atomic E-state index is 0.281. The molecule has 2 aromatic heterocycles. The molecule has 0 unspecified atom stereocenters. The van der Waals surface area contributed by atoms with Crippen molar-refractivity contribution in [1.82, 2.24) is 15.3 Å². The summed E-state index contributed by atoms with van der Waals surface area (Å²) in [6.07, 6.45) is 6.78. The summed E-state index contributed by atoms with van der Waals surface area (Å²) in [5.41, 5.74) is 4.49. The topological polar surface area (TPSA) is 65.5 Å². The molecule has 1 aliphatic carbocycles. The van der Waals surface area contributed by atoms with Crippen LogP contribution in [-0.2, 0) is 25.9 Å². The van der Waals surface area contributed by atoms with Gasteiger partial charge in [0.05, 0.1) is 24.4 Å². The standard InChI is InChI=1S/C27H25ClN3O3S/c1-32-21-8-6-16(10-19(21)28)11-20-26-18-4-2-3-5-24(18)35-27(26)31-25(30-20)14-29-13-17-7-9-22-23(12-17)34-15-33-22/h6-12,29H,2-5,13-15H2,1H3. The van der Waals surface area contributed by atoms with Crippen molar-refractivity contribution in [2.24, 2.45) is 0 Å². The lowest BCUT2D eigenvalue weighted by atomic mass is 9.95. The monoisotopic (exact) mass is 506 g/mol. The Labute approximate surface area is 213 Å². The van der Waals surface area contributed by atoms with E-state index in [1.165, 1.54) is 28.7 Å². The smallest absolute Gasteiger partial charge is 0.231 e. The van der Waals surface area contributed by atoms with Crippen LogP contribution in [0.5, 0.6) is 17.2 Å². The van der Waals surface area contributed by atoms with Gasteiger partial charge in [-0.15, -0.1) is 11.3 Å². The Balaban J connectivity index is 1.28. The van der Waals surface area contributed by atoms with E-state index >= 15 is 0 Å². The lowest BCUT2D eigenvalue weighted by molar-refractivity contribution is 0.174. The van der Waals surface area contributed by atoms with Crippen LogP contribution < -0.4 is 19.5 Å². The van der Waals surface area contributed by atoms with Crippen LogP contribution in [0.1, 0.15) is 45.9 Å². The van der Waals surface area contributed by atoms with Gasteiger partial charge in [-0.05, 0) is 66.6 Å². The van der Waals surface area contributed by atoms with Crippen LogP contribution in [0.15, 0.2) is 36.4 Å². The largest absolute Gasteiger partial charge is 0.495 e. The average molecular weight is 507 g/mol. The lowest BCUT2D eigenvalue weighted by Crippen LogP contribution is -2.15. The van der Waals surface area contributed by atoms with E-state index < -0.39 is 0 Å². The molecule has 3 heterocycles. The first-order valence-corrected chi connectivity index (χ1v) is 13.0. The Morgan fingerprint density at radius 2 is 1.94 bits per heavy atom. The Hall–Kier alpha value is -2.87. The number of nitrogens with zero attached hydrogens (tertiary/aromatic N) is 2. The van der Waals surface area contributed by atoms with Crippen LogP contribution in [0.3, 0.4) is 0 Å². The number of hydrogen-bond donors (Lipinski definition) is 1. The van der Waals surface area contributed by atoms with Crippen LogP contribution >= 0.6 is 22.9 Å². The van der Waals surface area contributed by atoms with Gasteiger partial charge in [0.25, 0.3) is 0 Å². The molecule has 1 N–H and O–H groups in total. The van der Waals surface area contributed by atoms with E-state index in [2.05, 4.69) is 11.7 Å². The predicted octanol–water partition coefficient (Wildman–Crippen LogP) is 5.85. The van der Waals surface area contributed by atoms with Gasteiger partial charge in [-0.25, -0.2) is 9.97 Å². The normalized spacial score (nSPS) is 14.3. The van der Waals surface area contributed by atoms with Gasteiger partial charge in [-0.1, -0.05) is 23.7 Å². The quantitative estimate of drug-likeness (QED) is 0.339. The fourth-order valence-corrected chi connectivity index (χ4v) is 6.27. The third-order valence-electron chi connectivity index (χ3n) is 6.42. The molecule has 6 nitrogen and oxygen atoms in total. The Kier molecular flexibility index (Phi) is 6.22. The molecule has 1 aliphatic heterocycles. The van der Waals surface area contributed by atoms with Gasteiger partial charge < -0.3 is 19.5 Å². The van der Waals surface area contributed by atoms with Crippen molar-refractivity contribution in [2.75, 3.05) is 13.9 Å². The number of fused-ring (bicyclic) bond motifs is 4. The van der Waals surface area contributed by atoms with E-state index in [4.69, 9.17) is 35.8 Å². The molecule has 4 aromatic rings. The lowest BCUT2D eigenvalue weighted by Gasteiger charge is -2.13. The van der Waals surface area contributed by atoms with E-state index in [1.807, 2.05) is 47.7 Å². The number of nitrogens with one attached hydrogen (secondary N) is 1. The van der Waals surface area contributed by atoms with Gasteiger partial charge in [0.2, 0.25) is 6.79 Å². The summed E-state index contributed by atoms with van der Waals surface area (Å²) in [4.78, 5) is 12.5. The summed E-state index contributed by atoms with van der Waals surface area (Å²) >= 11 is 8.21. The van der Waals surface area contributed by atoms with Gasteiger partial charge in [0.15, 0.2) is 11.5 Å². The van der Waals surface area contributed by atoms with Gasteiger partial charge in [0.1, 0.15) is 16.4 Å². The van der Waals surface area contributed by atoms with Crippen LogP contribution in [0, 0.1) is 6.42 Å². The molecular weight excluding hydrogens is 482 g/mol. The summed E-state index contributed by atoms with van der Waals surface area (Å²) < 4.78 is 16.2. The number of ether oxygens (including phenoxy) is 3. The maximum Gasteiger partial charge on any atom is 0.231 e. The first kappa shape index (κ1) is 22.6. The zero-order valence-electron chi connectivity index (χ0n) is 19.4. The van der Waals surface area contributed by atoms with Crippen LogP contribution in [0.2, 0.25) is 5.02 Å². The molecule has 6 rings (SSSR count). The fourth-order valence-electron chi connectivity index (χ4n) is 4.71. The van der Waals surface area contributed by atoms with E-state index in [9.17, 15) is 0 Å². The molecule has 0 saturated heterocycles. The number of thiophene rings is 1. The first-order valence-electron chi connectivity index (χ1n) is 11.8. The number of hydrogen-bond acceptors (Lipinski definition) is 7. The third-order valence-corrected chi connectivity index (χ3v) is 7.90. The Bertz CT molecular complexity index is 1400. The maximum absolute atomic E-state index is 6.40. The van der Waals surface area contributed by atoms with E-state index in [0.717, 1.165) is 51.8 Å². The molecule has 0 fully saturated rings. The number of aromatic nitrogens is 2. The summed E-state index contributed by atoms with van der Waals surface area (Å²) in [6, 6.07) is 11.8. The summed E-state index contributed by atoms with van der Waals surface area (Å²) in [6.45, 7) is 1.53. The van der Waals surface area contributed by atoms with Gasteiger partial charge in [-0.3, -0.25) is 0 Å². The molecule has 0 atom stereocenters. The molecule has 8 heteroatoms. The molecule has 0 saturated carbocycles. The maximum atomic E-state index is 6.40. The number of benzene rings is 2. The third kappa shape index (κ3) is 4.56. The van der Waals surface area contributed by atoms with Gasteiger partial charge in [-0.2, -0.15) is 0 Å². The first-order chi connectivity index (χ1) is 17.2. The molecular formula is C27H25ClN3O3S. The van der Waals surface area contributed by atoms with Crippen molar-refractivity contribution in [3.8, 4) is 17.2 Å².